The van der Waals surface area contributed by atoms with Crippen LogP contribution in [0, 0.1) is 11.3 Å². The number of carbonyl (C=O) groups excluding carboxylic acids is 1. The first-order valence-corrected chi connectivity index (χ1v) is 6.67. The number of rotatable bonds is 4. The lowest BCUT2D eigenvalue weighted by Gasteiger charge is -2.03. The number of aromatic amines is 1. The van der Waals surface area contributed by atoms with E-state index in [1.54, 1.807) is 18.2 Å². The summed E-state index contributed by atoms with van der Waals surface area (Å²) in [4.78, 5) is 18.8. The fraction of sp³-hybridized carbons (Fsp3) is 0.0625. The molecule has 0 spiro atoms. The van der Waals surface area contributed by atoms with Crippen LogP contribution in [0.2, 0.25) is 0 Å². The predicted molar refractivity (Wildman–Crippen MR) is 80.2 cm³/mol. The largest absolute Gasteiger partial charge is 0.507 e. The lowest BCUT2D eigenvalue weighted by atomic mass is 10.2. The second-order valence-electron chi connectivity index (χ2n) is 4.59. The van der Waals surface area contributed by atoms with Crippen molar-refractivity contribution in [3.8, 4) is 6.07 Å². The summed E-state index contributed by atoms with van der Waals surface area (Å²) in [6.07, 6.45) is 1.33. The fourth-order valence-corrected chi connectivity index (χ4v) is 2.00. The van der Waals surface area contributed by atoms with E-state index in [0.717, 1.165) is 5.52 Å². The van der Waals surface area contributed by atoms with Crippen molar-refractivity contribution in [3.05, 3.63) is 60.0 Å². The minimum atomic E-state index is -0.733. The molecule has 0 radical (unpaired) electrons. The number of allylic oxidation sites excluding steroid dienone is 1. The average Bonchev–Trinajstić information content (AvgIpc) is 3.22. The van der Waals surface area contributed by atoms with E-state index >= 15 is 0 Å². The number of fused-ring (bicyclic) bond motifs is 1. The number of nitriles is 1. The Labute approximate surface area is 130 Å². The van der Waals surface area contributed by atoms with Gasteiger partial charge in [0.15, 0.2) is 18.2 Å². The number of aliphatic hydroxyl groups excluding tert-OH is 1. The highest BCUT2D eigenvalue weighted by atomic mass is 16.6. The fourth-order valence-electron chi connectivity index (χ4n) is 2.00. The Hall–Kier alpha value is -3.53. The van der Waals surface area contributed by atoms with Crippen molar-refractivity contribution in [2.45, 2.75) is 0 Å². The van der Waals surface area contributed by atoms with Gasteiger partial charge in [0.25, 0.3) is 0 Å². The molecule has 1 aromatic carbocycles. The van der Waals surface area contributed by atoms with Crippen molar-refractivity contribution in [2.75, 3.05) is 6.61 Å². The standard InChI is InChI=1S/C16H11N3O4/c17-8-10(15-18-11-4-1-2-5-12(11)19-15)13(20)9-23-16(21)14-6-3-7-22-14/h1-7,20H,9H2,(H,18,19). The molecule has 0 amide bonds. The number of hydrogen-bond acceptors (Lipinski definition) is 6. The number of nitrogens with one attached hydrogen (secondary N) is 1. The summed E-state index contributed by atoms with van der Waals surface area (Å²) < 4.78 is 9.78. The SMILES string of the molecule is N#CC(=C(O)COC(=O)c1ccco1)c1nc2ccccc2[nH]1. The Balaban J connectivity index is 1.82. The van der Waals surface area contributed by atoms with E-state index in [9.17, 15) is 15.2 Å². The molecular weight excluding hydrogens is 298 g/mol. The van der Waals surface area contributed by atoms with Gasteiger partial charge >= 0.3 is 5.97 Å². The minimum absolute atomic E-state index is 0.0139. The van der Waals surface area contributed by atoms with Gasteiger partial charge in [-0.25, -0.2) is 9.78 Å². The van der Waals surface area contributed by atoms with Crippen molar-refractivity contribution in [1.29, 1.82) is 5.26 Å². The maximum absolute atomic E-state index is 11.6. The Morgan fingerprint density at radius 2 is 2.17 bits per heavy atom. The molecule has 2 heterocycles. The Bertz CT molecular complexity index is 883. The van der Waals surface area contributed by atoms with Gasteiger partial charge in [-0.15, -0.1) is 0 Å². The van der Waals surface area contributed by atoms with E-state index in [1.165, 1.54) is 12.3 Å². The average molecular weight is 309 g/mol. The molecule has 0 aliphatic heterocycles. The van der Waals surface area contributed by atoms with Crippen LogP contribution in [0.1, 0.15) is 16.4 Å². The van der Waals surface area contributed by atoms with Crippen LogP contribution < -0.4 is 0 Å². The van der Waals surface area contributed by atoms with Crippen LogP contribution in [-0.2, 0) is 4.74 Å². The number of benzene rings is 1. The molecule has 3 aromatic rings. The number of aliphatic hydroxyl groups is 1. The number of aromatic nitrogens is 2. The molecule has 7 nitrogen and oxygen atoms in total. The highest BCUT2D eigenvalue weighted by molar-refractivity contribution is 5.87. The Kier molecular flexibility index (Phi) is 3.80. The molecule has 0 saturated heterocycles. The van der Waals surface area contributed by atoms with Crippen LogP contribution in [0.5, 0.6) is 0 Å². The number of nitrogens with zero attached hydrogens (tertiary/aromatic N) is 2. The molecule has 2 N–H and O–H groups in total. The molecule has 7 heteroatoms. The van der Waals surface area contributed by atoms with Gasteiger partial charge in [-0.3, -0.25) is 0 Å². The summed E-state index contributed by atoms with van der Waals surface area (Å²) in [5.74, 6) is -0.907. The number of hydrogen-bond donors (Lipinski definition) is 2. The Morgan fingerprint density at radius 1 is 1.35 bits per heavy atom. The highest BCUT2D eigenvalue weighted by Crippen LogP contribution is 2.19. The van der Waals surface area contributed by atoms with Crippen molar-refractivity contribution in [2.24, 2.45) is 0 Å². The third kappa shape index (κ3) is 2.91. The predicted octanol–water partition coefficient (Wildman–Crippen LogP) is 2.81. The number of H-pyrrole nitrogens is 1. The maximum Gasteiger partial charge on any atom is 0.374 e. The lowest BCUT2D eigenvalue weighted by molar-refractivity contribution is 0.0467. The van der Waals surface area contributed by atoms with Crippen LogP contribution in [0.3, 0.4) is 0 Å². The normalized spacial score (nSPS) is 11.8. The van der Waals surface area contributed by atoms with Crippen molar-refractivity contribution in [1.82, 2.24) is 9.97 Å². The van der Waals surface area contributed by atoms with Crippen LogP contribution >= 0.6 is 0 Å². The minimum Gasteiger partial charge on any atom is -0.507 e. The number of furan rings is 1. The van der Waals surface area contributed by atoms with Gasteiger partial charge in [-0.1, -0.05) is 12.1 Å². The topological polar surface area (TPSA) is 112 Å². The summed E-state index contributed by atoms with van der Waals surface area (Å²) in [6, 6.07) is 12.1. The Morgan fingerprint density at radius 3 is 2.87 bits per heavy atom. The third-order valence-corrected chi connectivity index (χ3v) is 3.09. The van der Waals surface area contributed by atoms with Crippen LogP contribution in [0.15, 0.2) is 52.8 Å². The second-order valence-corrected chi connectivity index (χ2v) is 4.59. The van der Waals surface area contributed by atoms with E-state index in [2.05, 4.69) is 9.97 Å². The number of imidazole rings is 1. The molecule has 0 bridgehead atoms. The zero-order valence-electron chi connectivity index (χ0n) is 11.8. The number of ether oxygens (including phenoxy) is 1. The van der Waals surface area contributed by atoms with Crippen LogP contribution in [0.25, 0.3) is 16.6 Å². The van der Waals surface area contributed by atoms with Gasteiger partial charge in [0.05, 0.1) is 17.3 Å². The van der Waals surface area contributed by atoms with Crippen molar-refractivity contribution < 1.29 is 19.1 Å². The summed E-state index contributed by atoms with van der Waals surface area (Å²) in [5, 5.41) is 19.3. The van der Waals surface area contributed by atoms with Gasteiger partial charge in [0, 0.05) is 0 Å². The number of para-hydroxylation sites is 2. The third-order valence-electron chi connectivity index (χ3n) is 3.09. The summed E-state index contributed by atoms with van der Waals surface area (Å²) in [7, 11) is 0. The molecule has 0 saturated carbocycles. The van der Waals surface area contributed by atoms with Crippen molar-refractivity contribution >= 4 is 22.6 Å². The van der Waals surface area contributed by atoms with Gasteiger partial charge < -0.3 is 19.2 Å². The zero-order chi connectivity index (χ0) is 16.2. The van der Waals surface area contributed by atoms with Gasteiger partial charge in [-0.05, 0) is 24.3 Å². The van der Waals surface area contributed by atoms with E-state index < -0.39 is 18.3 Å². The van der Waals surface area contributed by atoms with E-state index in [0.29, 0.717) is 5.52 Å². The lowest BCUT2D eigenvalue weighted by Crippen LogP contribution is -2.08. The first-order chi connectivity index (χ1) is 11.2. The monoisotopic (exact) mass is 309 g/mol. The summed E-state index contributed by atoms with van der Waals surface area (Å²) >= 11 is 0. The smallest absolute Gasteiger partial charge is 0.374 e. The first-order valence-electron chi connectivity index (χ1n) is 6.67. The molecule has 0 unspecified atom stereocenters. The van der Waals surface area contributed by atoms with Crippen LogP contribution in [-0.4, -0.2) is 27.7 Å². The molecule has 0 fully saturated rings. The van der Waals surface area contributed by atoms with E-state index in [4.69, 9.17) is 9.15 Å². The summed E-state index contributed by atoms with van der Waals surface area (Å²) in [6.45, 7) is -0.459. The second kappa shape index (κ2) is 6.07. The molecule has 0 atom stereocenters. The van der Waals surface area contributed by atoms with Gasteiger partial charge in [0.2, 0.25) is 5.76 Å². The van der Waals surface area contributed by atoms with Crippen molar-refractivity contribution in [3.63, 3.8) is 0 Å². The molecule has 3 rings (SSSR count). The zero-order valence-corrected chi connectivity index (χ0v) is 11.8. The van der Waals surface area contributed by atoms with E-state index in [1.807, 2.05) is 18.2 Å². The maximum atomic E-state index is 11.6. The van der Waals surface area contributed by atoms with Crippen LogP contribution in [0.4, 0.5) is 0 Å². The van der Waals surface area contributed by atoms with E-state index in [-0.39, 0.29) is 17.2 Å². The molecule has 2 aromatic heterocycles. The molecule has 114 valence electrons. The summed E-state index contributed by atoms with van der Waals surface area (Å²) in [5.41, 5.74) is 1.31. The number of carbonyl (C=O) groups is 1. The molecular formula is C16H11N3O4. The molecule has 0 aliphatic rings. The molecule has 23 heavy (non-hydrogen) atoms. The number of esters is 1. The van der Waals surface area contributed by atoms with Gasteiger partial charge in [-0.2, -0.15) is 5.26 Å². The first kappa shape index (κ1) is 14.4. The quantitative estimate of drug-likeness (QED) is 0.435. The van der Waals surface area contributed by atoms with Gasteiger partial charge in [0.1, 0.15) is 11.6 Å². The highest BCUT2D eigenvalue weighted by Gasteiger charge is 2.16. The molecule has 0 aliphatic carbocycles.